The van der Waals surface area contributed by atoms with Crippen molar-refractivity contribution in [2.24, 2.45) is 5.92 Å². The second-order valence-electron chi connectivity index (χ2n) is 7.01. The number of hydrogen-bond acceptors (Lipinski definition) is 7. The molecule has 0 aromatic rings. The molecule has 4 aliphatic heterocycles. The van der Waals surface area contributed by atoms with E-state index in [2.05, 4.69) is 10.6 Å². The summed E-state index contributed by atoms with van der Waals surface area (Å²) in [5.74, 6) is -1.25. The van der Waals surface area contributed by atoms with Gasteiger partial charge in [-0.15, -0.1) is 11.8 Å². The first-order valence-corrected chi connectivity index (χ1v) is 9.83. The maximum absolute atomic E-state index is 11.7. The van der Waals surface area contributed by atoms with Crippen LogP contribution in [0.15, 0.2) is 10.6 Å². The summed E-state index contributed by atoms with van der Waals surface area (Å²) in [5, 5.41) is 25.6. The first kappa shape index (κ1) is 22.7. The van der Waals surface area contributed by atoms with Gasteiger partial charge in [0.2, 0.25) is 11.8 Å². The number of aliphatic hydroxyl groups excluding tert-OH is 1. The predicted molar refractivity (Wildman–Crippen MR) is 93.5 cm³/mol. The van der Waals surface area contributed by atoms with Crippen molar-refractivity contribution in [2.75, 3.05) is 13.2 Å². The Kier molecular flexibility index (Phi) is 7.80. The SMILES string of the molecule is CC1C(SC2CN[C@H](C3CC(=O)N3)C2)=C(C(=O)[O-])N2C(=O)CC12.CCO.[Na+]. The Morgan fingerprint density at radius 1 is 1.33 bits per heavy atom. The van der Waals surface area contributed by atoms with Gasteiger partial charge in [-0.05, 0) is 13.3 Å². The molecule has 4 aliphatic rings. The number of thioether (sulfide) groups is 1. The molecule has 8 nitrogen and oxygen atoms in total. The molecule has 3 saturated heterocycles. The van der Waals surface area contributed by atoms with E-state index in [0.29, 0.717) is 12.8 Å². The average molecular weight is 405 g/mol. The molecule has 0 radical (unpaired) electrons. The minimum atomic E-state index is -1.26. The molecule has 0 aromatic heterocycles. The minimum absolute atomic E-state index is 0. The van der Waals surface area contributed by atoms with Crippen LogP contribution in [-0.4, -0.2) is 64.3 Å². The van der Waals surface area contributed by atoms with E-state index in [1.807, 2.05) is 6.92 Å². The molecular formula is C17H24N3NaO5S. The van der Waals surface area contributed by atoms with E-state index in [1.165, 1.54) is 4.90 Å². The Hall–Kier alpha value is -0.580. The number of β-lactam (4-membered cyclic amide) rings is 2. The topological polar surface area (TPSA) is 122 Å². The molecule has 4 unspecified atom stereocenters. The summed E-state index contributed by atoms with van der Waals surface area (Å²) in [4.78, 5) is 36.4. The van der Waals surface area contributed by atoms with E-state index in [0.717, 1.165) is 17.9 Å². The molecule has 10 heteroatoms. The van der Waals surface area contributed by atoms with Gasteiger partial charge in [-0.2, -0.15) is 0 Å². The number of carbonyl (C=O) groups is 3. The van der Waals surface area contributed by atoms with Crippen molar-refractivity contribution in [3.8, 4) is 0 Å². The van der Waals surface area contributed by atoms with Crippen LogP contribution in [0.5, 0.6) is 0 Å². The van der Waals surface area contributed by atoms with Gasteiger partial charge >= 0.3 is 29.6 Å². The summed E-state index contributed by atoms with van der Waals surface area (Å²) >= 11 is 1.56. The summed E-state index contributed by atoms with van der Waals surface area (Å²) in [6.07, 6.45) is 1.86. The zero-order valence-corrected chi connectivity index (χ0v) is 18.7. The Bertz CT molecular complexity index is 650. The molecule has 0 aliphatic carbocycles. The molecule has 0 saturated carbocycles. The zero-order chi connectivity index (χ0) is 19.0. The standard InChI is InChI=1S/C15H19N3O4S.C2H6O.Na/c1-6-10-4-12(20)18(10)13(15(21)22)14(6)23-7-2-8(16-5-7)9-3-11(19)17-9;1-2-3;/h6-10,16H,2-5H2,1H3,(H,17,19)(H,21,22);3H,2H2,1H3;/q;;+1/p-1/t6?,7?,8-,9?,10?;;/m0../s1. The minimum Gasteiger partial charge on any atom is -0.543 e. The first-order valence-electron chi connectivity index (χ1n) is 8.95. The second-order valence-corrected chi connectivity index (χ2v) is 8.35. The largest absolute Gasteiger partial charge is 1.00 e. The van der Waals surface area contributed by atoms with Gasteiger partial charge in [-0.1, -0.05) is 6.92 Å². The third-order valence-electron chi connectivity index (χ3n) is 5.30. The van der Waals surface area contributed by atoms with Crippen LogP contribution in [0.3, 0.4) is 0 Å². The van der Waals surface area contributed by atoms with Gasteiger partial charge in [0.1, 0.15) is 0 Å². The molecular weight excluding hydrogens is 381 g/mol. The number of amides is 2. The molecule has 27 heavy (non-hydrogen) atoms. The number of carboxylic acid groups (broad SMARTS) is 1. The van der Waals surface area contributed by atoms with Gasteiger partial charge in [0.25, 0.3) is 0 Å². The van der Waals surface area contributed by atoms with E-state index in [9.17, 15) is 19.5 Å². The predicted octanol–water partition coefficient (Wildman–Crippen LogP) is -4.45. The second kappa shape index (κ2) is 9.28. The number of aliphatic carboxylic acids is 1. The van der Waals surface area contributed by atoms with Gasteiger partial charge in [0.05, 0.1) is 23.8 Å². The number of carboxylic acids is 1. The van der Waals surface area contributed by atoms with Crippen LogP contribution in [0.1, 0.15) is 33.1 Å². The van der Waals surface area contributed by atoms with Gasteiger partial charge in [-0.3, -0.25) is 9.59 Å². The molecule has 3 fully saturated rings. The Morgan fingerprint density at radius 2 is 1.96 bits per heavy atom. The smallest absolute Gasteiger partial charge is 0.543 e. The van der Waals surface area contributed by atoms with Crippen LogP contribution in [0.2, 0.25) is 0 Å². The summed E-state index contributed by atoms with van der Waals surface area (Å²) in [7, 11) is 0. The van der Waals surface area contributed by atoms with Crippen LogP contribution in [0.25, 0.3) is 0 Å². The van der Waals surface area contributed by atoms with E-state index < -0.39 is 5.97 Å². The monoisotopic (exact) mass is 405 g/mol. The molecule has 3 N–H and O–H groups in total. The van der Waals surface area contributed by atoms with Crippen molar-refractivity contribution in [2.45, 2.75) is 56.5 Å². The Labute approximate surface area is 184 Å². The Balaban J connectivity index is 0.000000614. The molecule has 0 aromatic carbocycles. The number of aliphatic hydroxyl groups is 1. The fourth-order valence-corrected chi connectivity index (χ4v) is 5.45. The maximum Gasteiger partial charge on any atom is 1.00 e. The van der Waals surface area contributed by atoms with E-state index in [4.69, 9.17) is 5.11 Å². The number of rotatable bonds is 4. The average Bonchev–Trinajstić information content (AvgIpc) is 3.08. The van der Waals surface area contributed by atoms with Gasteiger partial charge in [0.15, 0.2) is 0 Å². The summed E-state index contributed by atoms with van der Waals surface area (Å²) < 4.78 is 0. The van der Waals surface area contributed by atoms with Crippen LogP contribution < -0.4 is 45.3 Å². The number of nitrogens with zero attached hydrogens (tertiary/aromatic N) is 1. The third-order valence-corrected chi connectivity index (χ3v) is 6.81. The molecule has 4 rings (SSSR count). The fourth-order valence-electron chi connectivity index (χ4n) is 3.94. The van der Waals surface area contributed by atoms with Crippen molar-refractivity contribution < 1.29 is 54.2 Å². The molecule has 144 valence electrons. The number of carbonyl (C=O) groups excluding carboxylic acids is 3. The first-order chi connectivity index (χ1) is 12.4. The molecule has 0 spiro atoms. The Morgan fingerprint density at radius 3 is 2.48 bits per heavy atom. The number of fused-ring (bicyclic) bond motifs is 1. The molecule has 5 atom stereocenters. The quantitative estimate of drug-likeness (QED) is 0.319. The van der Waals surface area contributed by atoms with Crippen molar-refractivity contribution in [3.63, 3.8) is 0 Å². The molecule has 4 heterocycles. The van der Waals surface area contributed by atoms with Crippen molar-refractivity contribution in [3.05, 3.63) is 10.6 Å². The van der Waals surface area contributed by atoms with E-state index >= 15 is 0 Å². The third kappa shape index (κ3) is 4.38. The van der Waals surface area contributed by atoms with Crippen LogP contribution >= 0.6 is 11.8 Å². The molecule has 2 amide bonds. The zero-order valence-electron chi connectivity index (χ0n) is 15.9. The van der Waals surface area contributed by atoms with Crippen LogP contribution in [0, 0.1) is 5.92 Å². The summed E-state index contributed by atoms with van der Waals surface area (Å²) in [6, 6.07) is 0.409. The van der Waals surface area contributed by atoms with Crippen LogP contribution in [0.4, 0.5) is 0 Å². The number of hydrogen-bond donors (Lipinski definition) is 3. The maximum atomic E-state index is 11.7. The molecule has 0 bridgehead atoms. The van der Waals surface area contributed by atoms with Gasteiger partial charge < -0.3 is 30.5 Å². The van der Waals surface area contributed by atoms with Crippen molar-refractivity contribution in [1.82, 2.24) is 15.5 Å². The summed E-state index contributed by atoms with van der Waals surface area (Å²) in [5.41, 5.74) is 0.0733. The van der Waals surface area contributed by atoms with E-state index in [-0.39, 0.29) is 83.0 Å². The van der Waals surface area contributed by atoms with Crippen LogP contribution in [-0.2, 0) is 14.4 Å². The van der Waals surface area contributed by atoms with Gasteiger partial charge in [0, 0.05) is 48.1 Å². The number of nitrogens with one attached hydrogen (secondary N) is 2. The summed E-state index contributed by atoms with van der Waals surface area (Å²) in [6.45, 7) is 4.69. The normalized spacial score (nSPS) is 33.9. The van der Waals surface area contributed by atoms with Crippen molar-refractivity contribution in [1.29, 1.82) is 0 Å². The van der Waals surface area contributed by atoms with E-state index in [1.54, 1.807) is 18.7 Å². The van der Waals surface area contributed by atoms with Crippen molar-refractivity contribution >= 4 is 29.5 Å². The fraction of sp³-hybridized carbons (Fsp3) is 0.706. The van der Waals surface area contributed by atoms with Gasteiger partial charge in [-0.25, -0.2) is 0 Å².